The van der Waals surface area contributed by atoms with Crippen molar-refractivity contribution in [3.05, 3.63) is 75.8 Å². The molecule has 1 N–H and O–H groups in total. The van der Waals surface area contributed by atoms with Gasteiger partial charge in [-0.1, -0.05) is 24.3 Å². The summed E-state index contributed by atoms with van der Waals surface area (Å²) in [5.74, 6) is 1.07. The second-order valence-electron chi connectivity index (χ2n) is 6.62. The van der Waals surface area contributed by atoms with Crippen LogP contribution in [0.1, 0.15) is 18.3 Å². The molecule has 2 heterocycles. The number of aromatic nitrogens is 2. The Morgan fingerprint density at radius 1 is 1.03 bits per heavy atom. The van der Waals surface area contributed by atoms with Crippen LogP contribution in [0.25, 0.3) is 11.0 Å². The standard InChI is InChI=1S/C21H20BrN3O2S2/c1-2-25-18-6-4-3-5-17(18)23-20(25)13-9-15-7-10-16(11-8-15)24-29(26,27)21-14-12-19(22)28-21/h3-8,10-12,14,24H,2,9,13H2,1H3. The lowest BCUT2D eigenvalue weighted by Crippen LogP contribution is -2.11. The molecule has 5 nitrogen and oxygen atoms in total. The second kappa shape index (κ2) is 8.30. The zero-order chi connectivity index (χ0) is 20.4. The molecule has 2 aromatic heterocycles. The Labute approximate surface area is 182 Å². The number of rotatable bonds is 7. The molecule has 2 aromatic carbocycles. The van der Waals surface area contributed by atoms with Gasteiger partial charge in [-0.2, -0.15) is 0 Å². The predicted molar refractivity (Wildman–Crippen MR) is 122 cm³/mol. The molecule has 0 fully saturated rings. The molecule has 8 heteroatoms. The fraction of sp³-hybridized carbons (Fsp3) is 0.190. The van der Waals surface area contributed by atoms with E-state index in [0.717, 1.165) is 45.6 Å². The van der Waals surface area contributed by atoms with Crippen molar-refractivity contribution in [2.75, 3.05) is 4.72 Å². The van der Waals surface area contributed by atoms with Crippen molar-refractivity contribution in [1.82, 2.24) is 9.55 Å². The number of hydrogen-bond acceptors (Lipinski definition) is 4. The van der Waals surface area contributed by atoms with Gasteiger partial charge in [0.15, 0.2) is 0 Å². The lowest BCUT2D eigenvalue weighted by Gasteiger charge is -2.08. The largest absolute Gasteiger partial charge is 0.328 e. The first-order valence-electron chi connectivity index (χ1n) is 9.27. The van der Waals surface area contributed by atoms with E-state index in [2.05, 4.69) is 38.2 Å². The molecule has 0 spiro atoms. The number of hydrogen-bond donors (Lipinski definition) is 1. The Hall–Kier alpha value is -2.16. The first kappa shape index (κ1) is 20.1. The van der Waals surface area contributed by atoms with E-state index >= 15 is 0 Å². The van der Waals surface area contributed by atoms with E-state index in [1.807, 2.05) is 30.3 Å². The Kier molecular flexibility index (Phi) is 5.76. The molecular weight excluding hydrogens is 470 g/mol. The molecule has 150 valence electrons. The Morgan fingerprint density at radius 2 is 1.79 bits per heavy atom. The summed E-state index contributed by atoms with van der Waals surface area (Å²) in [5.41, 5.74) is 3.88. The maximum atomic E-state index is 12.4. The van der Waals surface area contributed by atoms with Gasteiger partial charge >= 0.3 is 0 Å². The first-order chi connectivity index (χ1) is 14.0. The van der Waals surface area contributed by atoms with Crippen molar-refractivity contribution in [3.8, 4) is 0 Å². The normalized spacial score (nSPS) is 11.8. The molecule has 0 aliphatic rings. The summed E-state index contributed by atoms with van der Waals surface area (Å²) in [6, 6.07) is 19.0. The number of sulfonamides is 1. The van der Waals surface area contributed by atoms with E-state index in [1.54, 1.807) is 24.3 Å². The van der Waals surface area contributed by atoms with Gasteiger partial charge in [-0.15, -0.1) is 11.3 Å². The van der Waals surface area contributed by atoms with Gasteiger partial charge in [-0.05, 0) is 71.2 Å². The summed E-state index contributed by atoms with van der Waals surface area (Å²) in [6.07, 6.45) is 1.67. The van der Waals surface area contributed by atoms with Crippen LogP contribution in [-0.4, -0.2) is 18.0 Å². The molecule has 4 aromatic rings. The van der Waals surface area contributed by atoms with Gasteiger partial charge in [0.1, 0.15) is 10.0 Å². The molecule has 0 aliphatic carbocycles. The average molecular weight is 490 g/mol. The minimum absolute atomic E-state index is 0.284. The highest BCUT2D eigenvalue weighted by Gasteiger charge is 2.16. The van der Waals surface area contributed by atoms with Gasteiger partial charge in [-0.3, -0.25) is 4.72 Å². The van der Waals surface area contributed by atoms with Gasteiger partial charge in [0.25, 0.3) is 10.0 Å². The third kappa shape index (κ3) is 4.39. The fourth-order valence-corrected chi connectivity index (χ4v) is 6.38. The lowest BCUT2D eigenvalue weighted by atomic mass is 10.1. The maximum absolute atomic E-state index is 12.4. The van der Waals surface area contributed by atoms with Crippen LogP contribution in [0, 0.1) is 0 Å². The lowest BCUT2D eigenvalue weighted by molar-refractivity contribution is 0.603. The number of aryl methyl sites for hydroxylation is 3. The van der Waals surface area contributed by atoms with E-state index in [4.69, 9.17) is 4.98 Å². The number of benzene rings is 2. The first-order valence-corrected chi connectivity index (χ1v) is 12.4. The number of fused-ring (bicyclic) bond motifs is 1. The van der Waals surface area contributed by atoms with Crippen LogP contribution >= 0.6 is 27.3 Å². The number of para-hydroxylation sites is 2. The molecular formula is C21H20BrN3O2S2. The number of halogens is 1. The Morgan fingerprint density at radius 3 is 2.48 bits per heavy atom. The van der Waals surface area contributed by atoms with Crippen LogP contribution in [-0.2, 0) is 29.4 Å². The number of anilines is 1. The van der Waals surface area contributed by atoms with Crippen LogP contribution < -0.4 is 4.72 Å². The van der Waals surface area contributed by atoms with Crippen molar-refractivity contribution < 1.29 is 8.42 Å². The number of nitrogens with zero attached hydrogens (tertiary/aromatic N) is 2. The van der Waals surface area contributed by atoms with Gasteiger partial charge in [-0.25, -0.2) is 13.4 Å². The smallest absolute Gasteiger partial charge is 0.271 e. The highest BCUT2D eigenvalue weighted by molar-refractivity contribution is 9.11. The maximum Gasteiger partial charge on any atom is 0.271 e. The summed E-state index contributed by atoms with van der Waals surface area (Å²) in [4.78, 5) is 4.77. The van der Waals surface area contributed by atoms with Crippen molar-refractivity contribution in [3.63, 3.8) is 0 Å². The van der Waals surface area contributed by atoms with Crippen LogP contribution in [0.15, 0.2) is 68.7 Å². The molecule has 0 atom stereocenters. The van der Waals surface area contributed by atoms with Crippen LogP contribution in [0.5, 0.6) is 0 Å². The third-order valence-electron chi connectivity index (χ3n) is 4.71. The molecule has 29 heavy (non-hydrogen) atoms. The van der Waals surface area contributed by atoms with E-state index < -0.39 is 10.0 Å². The zero-order valence-electron chi connectivity index (χ0n) is 15.8. The minimum atomic E-state index is -3.56. The van der Waals surface area contributed by atoms with Crippen molar-refractivity contribution >= 4 is 54.0 Å². The van der Waals surface area contributed by atoms with Crippen LogP contribution in [0.4, 0.5) is 5.69 Å². The van der Waals surface area contributed by atoms with E-state index in [1.165, 1.54) is 11.3 Å². The Balaban J connectivity index is 1.45. The van der Waals surface area contributed by atoms with Gasteiger partial charge in [0, 0.05) is 18.7 Å². The topological polar surface area (TPSA) is 64.0 Å². The molecule has 0 radical (unpaired) electrons. The van der Waals surface area contributed by atoms with Crippen molar-refractivity contribution in [2.24, 2.45) is 0 Å². The van der Waals surface area contributed by atoms with Gasteiger partial charge in [0.2, 0.25) is 0 Å². The van der Waals surface area contributed by atoms with Gasteiger partial charge < -0.3 is 4.57 Å². The Bertz CT molecular complexity index is 1240. The minimum Gasteiger partial charge on any atom is -0.328 e. The van der Waals surface area contributed by atoms with Crippen molar-refractivity contribution in [2.45, 2.75) is 30.5 Å². The number of thiophene rings is 1. The summed E-state index contributed by atoms with van der Waals surface area (Å²) >= 11 is 4.48. The van der Waals surface area contributed by atoms with E-state index in [9.17, 15) is 8.42 Å². The quantitative estimate of drug-likeness (QED) is 0.374. The predicted octanol–water partition coefficient (Wildman–Crippen LogP) is 5.47. The zero-order valence-corrected chi connectivity index (χ0v) is 19.0. The third-order valence-corrected chi connectivity index (χ3v) is 8.20. The monoisotopic (exact) mass is 489 g/mol. The molecule has 0 bridgehead atoms. The summed E-state index contributed by atoms with van der Waals surface area (Å²) in [6.45, 7) is 3.01. The summed E-state index contributed by atoms with van der Waals surface area (Å²) in [7, 11) is -3.56. The number of nitrogens with one attached hydrogen (secondary N) is 1. The fourth-order valence-electron chi connectivity index (χ4n) is 3.31. The molecule has 0 saturated carbocycles. The molecule has 0 saturated heterocycles. The molecule has 4 rings (SSSR count). The average Bonchev–Trinajstić information content (AvgIpc) is 3.30. The second-order valence-corrected chi connectivity index (χ2v) is 11.0. The van der Waals surface area contributed by atoms with E-state index in [-0.39, 0.29) is 4.21 Å². The van der Waals surface area contributed by atoms with Crippen LogP contribution in [0.2, 0.25) is 0 Å². The van der Waals surface area contributed by atoms with E-state index in [0.29, 0.717) is 5.69 Å². The summed E-state index contributed by atoms with van der Waals surface area (Å²) in [5, 5.41) is 0. The van der Waals surface area contributed by atoms with Crippen LogP contribution in [0.3, 0.4) is 0 Å². The summed E-state index contributed by atoms with van der Waals surface area (Å²) < 4.78 is 30.8. The highest BCUT2D eigenvalue weighted by atomic mass is 79.9. The molecule has 0 unspecified atom stereocenters. The highest BCUT2D eigenvalue weighted by Crippen LogP contribution is 2.27. The van der Waals surface area contributed by atoms with Crippen molar-refractivity contribution in [1.29, 1.82) is 0 Å². The SMILES string of the molecule is CCn1c(CCc2ccc(NS(=O)(=O)c3ccc(Br)s3)cc2)nc2ccccc21. The number of imidazole rings is 1. The van der Waals surface area contributed by atoms with Gasteiger partial charge in [0.05, 0.1) is 14.8 Å². The molecule has 0 amide bonds. The molecule has 0 aliphatic heterocycles.